The molecule has 0 saturated carbocycles. The lowest BCUT2D eigenvalue weighted by Gasteiger charge is -2.05. The summed E-state index contributed by atoms with van der Waals surface area (Å²) in [5.41, 5.74) is 2.66. The van der Waals surface area contributed by atoms with E-state index >= 15 is 0 Å². The van der Waals surface area contributed by atoms with Gasteiger partial charge in [-0.15, -0.1) is 11.8 Å². The number of rotatable bonds is 7. The van der Waals surface area contributed by atoms with E-state index in [-0.39, 0.29) is 0 Å². The van der Waals surface area contributed by atoms with E-state index in [1.807, 2.05) is 0 Å². The highest BCUT2D eigenvalue weighted by molar-refractivity contribution is 7.98. The van der Waals surface area contributed by atoms with Gasteiger partial charge in [0.25, 0.3) is 0 Å². The van der Waals surface area contributed by atoms with Crippen molar-refractivity contribution in [1.29, 1.82) is 0 Å². The molecule has 104 valence electrons. The molecule has 0 unspecified atom stereocenters. The topological polar surface area (TPSA) is 3.88 Å². The maximum Gasteiger partial charge on any atom is 0.211 e. The van der Waals surface area contributed by atoms with E-state index in [0.717, 1.165) is 6.42 Å². The average molecular weight is 276 g/mol. The molecular formula is C17H26NS+. The van der Waals surface area contributed by atoms with Gasteiger partial charge in [0.05, 0.1) is 0 Å². The summed E-state index contributed by atoms with van der Waals surface area (Å²) < 4.78 is 2.31. The van der Waals surface area contributed by atoms with Gasteiger partial charge in [0.15, 0.2) is 11.9 Å². The van der Waals surface area contributed by atoms with Crippen LogP contribution in [-0.4, -0.2) is 6.26 Å². The van der Waals surface area contributed by atoms with Crippen LogP contribution in [0.5, 0.6) is 0 Å². The molecule has 0 bridgehead atoms. The smallest absolute Gasteiger partial charge is 0.165 e. The van der Waals surface area contributed by atoms with Crippen LogP contribution in [0.4, 0.5) is 0 Å². The lowest BCUT2D eigenvalue weighted by molar-refractivity contribution is -0.586. The zero-order chi connectivity index (χ0) is 14.1. The molecule has 0 aliphatic carbocycles. The molecule has 2 heteroatoms. The van der Waals surface area contributed by atoms with Crippen LogP contribution in [0.3, 0.4) is 0 Å². The number of hydrogen-bond donors (Lipinski definition) is 0. The average Bonchev–Trinajstić information content (AvgIpc) is 2.44. The third-order valence-corrected chi connectivity index (χ3v) is 3.93. The van der Waals surface area contributed by atoms with Crippen molar-refractivity contribution in [2.75, 3.05) is 6.26 Å². The van der Waals surface area contributed by atoms with E-state index in [4.69, 9.17) is 0 Å². The highest BCUT2D eigenvalue weighted by Crippen LogP contribution is 2.17. The van der Waals surface area contributed by atoms with Crippen LogP contribution in [0.15, 0.2) is 35.4 Å². The summed E-state index contributed by atoms with van der Waals surface area (Å²) in [6, 6.07) is 4.45. The standard InChI is InChI=1S/C17H26NS/c1-5-8-9-11-15(7-3)18-13-12-17(19-4)14-16(18)10-6-2/h6-7,10,12-14H,5,8-9,11H2,1-4H3/q+1. The summed E-state index contributed by atoms with van der Waals surface area (Å²) in [5.74, 6) is 0. The summed E-state index contributed by atoms with van der Waals surface area (Å²) in [4.78, 5) is 1.31. The molecule has 0 aromatic carbocycles. The van der Waals surface area contributed by atoms with Crippen LogP contribution in [0.25, 0.3) is 11.8 Å². The first-order valence-corrected chi connectivity index (χ1v) is 8.37. The highest BCUT2D eigenvalue weighted by atomic mass is 32.2. The van der Waals surface area contributed by atoms with Gasteiger partial charge in [-0.05, 0) is 32.6 Å². The molecule has 1 nitrogen and oxygen atoms in total. The fraction of sp³-hybridized carbons (Fsp3) is 0.471. The molecule has 1 aromatic heterocycles. The number of thioether (sulfide) groups is 1. The van der Waals surface area contributed by atoms with E-state index in [9.17, 15) is 0 Å². The van der Waals surface area contributed by atoms with Crippen LogP contribution >= 0.6 is 11.8 Å². The molecule has 0 fully saturated rings. The molecule has 0 N–H and O–H groups in total. The van der Waals surface area contributed by atoms with Gasteiger partial charge in [-0.2, -0.15) is 4.57 Å². The SMILES string of the molecule is CC=Cc1cc(SC)cc[n+]1C(=CC)CCCCC. The minimum Gasteiger partial charge on any atom is -0.165 e. The Morgan fingerprint density at radius 2 is 2.11 bits per heavy atom. The molecular weight excluding hydrogens is 250 g/mol. The van der Waals surface area contributed by atoms with Crippen molar-refractivity contribution in [3.63, 3.8) is 0 Å². The molecule has 1 aromatic rings. The second-order valence-electron chi connectivity index (χ2n) is 4.60. The van der Waals surface area contributed by atoms with Crippen LogP contribution in [-0.2, 0) is 0 Å². The summed E-state index contributed by atoms with van der Waals surface area (Å²) in [6.45, 7) is 6.46. The second kappa shape index (κ2) is 8.98. The van der Waals surface area contributed by atoms with Crippen molar-refractivity contribution in [1.82, 2.24) is 0 Å². The first-order valence-electron chi connectivity index (χ1n) is 7.14. The second-order valence-corrected chi connectivity index (χ2v) is 5.48. The minimum absolute atomic E-state index is 1.15. The highest BCUT2D eigenvalue weighted by Gasteiger charge is 2.14. The van der Waals surface area contributed by atoms with Crippen LogP contribution < -0.4 is 4.57 Å². The van der Waals surface area contributed by atoms with Gasteiger partial charge in [0.2, 0.25) is 5.69 Å². The predicted octanol–water partition coefficient (Wildman–Crippen LogP) is 5.17. The third-order valence-electron chi connectivity index (χ3n) is 3.21. The molecule has 0 aliphatic heterocycles. The van der Waals surface area contributed by atoms with E-state index in [2.05, 4.69) is 68.2 Å². The van der Waals surface area contributed by atoms with Crippen molar-refractivity contribution in [3.8, 4) is 0 Å². The monoisotopic (exact) mass is 276 g/mol. The van der Waals surface area contributed by atoms with Gasteiger partial charge in [-0.25, -0.2) is 0 Å². The normalized spacial score (nSPS) is 12.3. The molecule has 0 radical (unpaired) electrons. The first kappa shape index (κ1) is 16.0. The lowest BCUT2D eigenvalue weighted by atomic mass is 10.1. The van der Waals surface area contributed by atoms with Crippen molar-refractivity contribution in [2.45, 2.75) is 51.3 Å². The van der Waals surface area contributed by atoms with Crippen LogP contribution in [0.1, 0.15) is 52.1 Å². The summed E-state index contributed by atoms with van der Waals surface area (Å²) in [5, 5.41) is 0. The quantitative estimate of drug-likeness (QED) is 0.377. The third kappa shape index (κ3) is 4.87. The number of hydrogen-bond acceptors (Lipinski definition) is 1. The molecule has 19 heavy (non-hydrogen) atoms. The van der Waals surface area contributed by atoms with E-state index in [1.165, 1.54) is 35.5 Å². The van der Waals surface area contributed by atoms with Gasteiger partial charge in [0.1, 0.15) is 0 Å². The first-order chi connectivity index (χ1) is 9.26. The fourth-order valence-corrected chi connectivity index (χ4v) is 2.58. The van der Waals surface area contributed by atoms with Gasteiger partial charge in [-0.3, -0.25) is 0 Å². The summed E-state index contributed by atoms with van der Waals surface area (Å²) in [7, 11) is 0. The maximum absolute atomic E-state index is 2.31. The van der Waals surface area contributed by atoms with Gasteiger partial charge in [0, 0.05) is 29.5 Å². The Hall–Kier alpha value is -1.02. The Bertz CT molecular complexity index is 447. The Kier molecular flexibility index (Phi) is 7.57. The number of nitrogens with zero attached hydrogens (tertiary/aromatic N) is 1. The van der Waals surface area contributed by atoms with Crippen LogP contribution in [0.2, 0.25) is 0 Å². The molecule has 1 rings (SSSR count). The van der Waals surface area contributed by atoms with E-state index in [1.54, 1.807) is 11.8 Å². The fourth-order valence-electron chi connectivity index (χ4n) is 2.15. The Labute approximate surface area is 122 Å². The maximum atomic E-state index is 2.31. The van der Waals surface area contributed by atoms with E-state index < -0.39 is 0 Å². The Morgan fingerprint density at radius 1 is 1.32 bits per heavy atom. The van der Waals surface area contributed by atoms with Gasteiger partial charge in [-0.1, -0.05) is 25.8 Å². The number of aromatic nitrogens is 1. The molecule has 0 aliphatic rings. The predicted molar refractivity (Wildman–Crippen MR) is 87.2 cm³/mol. The number of unbranched alkanes of at least 4 members (excludes halogenated alkanes) is 2. The summed E-state index contributed by atoms with van der Waals surface area (Å²) >= 11 is 1.79. The molecule has 0 saturated heterocycles. The molecule has 0 spiro atoms. The zero-order valence-electron chi connectivity index (χ0n) is 12.6. The Morgan fingerprint density at radius 3 is 2.68 bits per heavy atom. The van der Waals surface area contributed by atoms with Crippen LogP contribution in [0, 0.1) is 0 Å². The molecule has 0 atom stereocenters. The number of pyridine rings is 1. The van der Waals surface area contributed by atoms with Gasteiger partial charge >= 0.3 is 0 Å². The zero-order valence-corrected chi connectivity index (χ0v) is 13.5. The van der Waals surface area contributed by atoms with Gasteiger partial charge < -0.3 is 0 Å². The van der Waals surface area contributed by atoms with Crippen molar-refractivity contribution < 1.29 is 4.57 Å². The molecule has 1 heterocycles. The van der Waals surface area contributed by atoms with Crippen molar-refractivity contribution >= 4 is 23.5 Å². The van der Waals surface area contributed by atoms with E-state index in [0.29, 0.717) is 0 Å². The largest absolute Gasteiger partial charge is 0.211 e. The lowest BCUT2D eigenvalue weighted by Crippen LogP contribution is -2.35. The van der Waals surface area contributed by atoms with Crippen molar-refractivity contribution in [2.24, 2.45) is 0 Å². The Balaban J connectivity index is 3.02. The molecule has 0 amide bonds. The van der Waals surface area contributed by atoms with Crippen molar-refractivity contribution in [3.05, 3.63) is 36.2 Å². The summed E-state index contributed by atoms with van der Waals surface area (Å²) in [6.07, 6.45) is 15.8. The minimum atomic E-state index is 1.15. The number of allylic oxidation sites excluding steroid dienone is 3.